The molecule has 1 fully saturated rings. The van der Waals surface area contributed by atoms with Gasteiger partial charge in [0.15, 0.2) is 18.0 Å². The Hall–Kier alpha value is -2.78. The van der Waals surface area contributed by atoms with Crippen LogP contribution in [0.25, 0.3) is 11.2 Å². The standard InChI is InChI=1S/C17H18F2N5O8P/c18-8-2-1-7(3-9(8)19)4-23-6-24(14-11(23)15(27)22-17(20)21-14)16-13(26)12(25)10(32-16)5-31-33(28,29)30/h1-3,6,10,12-13,16,25-26H,4-5H2,(H4-,20,21,22,27,28,29,30)/p+1/t10-,12-,13-,16-/m1/s1. The largest absolute Gasteiger partial charge is 0.469 e. The lowest BCUT2D eigenvalue weighted by Gasteiger charge is -2.14. The number of benzene rings is 1. The van der Waals surface area contributed by atoms with Crippen LogP contribution >= 0.6 is 7.82 Å². The topological polar surface area (TPSA) is 197 Å². The van der Waals surface area contributed by atoms with Crippen molar-refractivity contribution in [2.45, 2.75) is 31.1 Å². The number of ether oxygens (including phenoxy) is 1. The zero-order valence-electron chi connectivity index (χ0n) is 16.6. The first-order valence-corrected chi connectivity index (χ1v) is 10.9. The number of aromatic nitrogens is 4. The average molecular weight is 490 g/mol. The van der Waals surface area contributed by atoms with Crippen LogP contribution in [0.4, 0.5) is 14.7 Å². The second-order valence-electron chi connectivity index (χ2n) is 7.36. The Morgan fingerprint density at radius 3 is 2.67 bits per heavy atom. The van der Waals surface area contributed by atoms with Gasteiger partial charge in [-0.2, -0.15) is 0 Å². The normalized spacial score (nSPS) is 23.5. The van der Waals surface area contributed by atoms with Gasteiger partial charge in [-0.15, -0.1) is 0 Å². The molecule has 1 aromatic carbocycles. The maximum absolute atomic E-state index is 13.6. The van der Waals surface area contributed by atoms with Gasteiger partial charge in [0, 0.05) is 0 Å². The molecule has 16 heteroatoms. The number of anilines is 1. The van der Waals surface area contributed by atoms with Crippen molar-refractivity contribution < 1.29 is 47.2 Å². The Morgan fingerprint density at radius 2 is 2.00 bits per heavy atom. The molecule has 0 unspecified atom stereocenters. The van der Waals surface area contributed by atoms with Crippen molar-refractivity contribution in [3.63, 3.8) is 0 Å². The van der Waals surface area contributed by atoms with E-state index in [1.807, 2.05) is 0 Å². The summed E-state index contributed by atoms with van der Waals surface area (Å²) in [4.78, 5) is 36.7. The molecule has 2 aromatic heterocycles. The predicted molar refractivity (Wildman–Crippen MR) is 104 cm³/mol. The highest BCUT2D eigenvalue weighted by Crippen LogP contribution is 2.37. The van der Waals surface area contributed by atoms with E-state index in [0.29, 0.717) is 5.56 Å². The van der Waals surface area contributed by atoms with Gasteiger partial charge in [-0.1, -0.05) is 11.1 Å². The van der Waals surface area contributed by atoms with E-state index in [9.17, 15) is 28.4 Å². The molecule has 4 rings (SSSR count). The minimum atomic E-state index is -4.87. The fourth-order valence-corrected chi connectivity index (χ4v) is 3.92. The Morgan fingerprint density at radius 1 is 1.27 bits per heavy atom. The van der Waals surface area contributed by atoms with Crippen LogP contribution in [-0.2, 0) is 20.4 Å². The lowest BCUT2D eigenvalue weighted by molar-refractivity contribution is -0.745. The Bertz CT molecular complexity index is 1310. The smallest absolute Gasteiger partial charge is 0.387 e. The minimum Gasteiger partial charge on any atom is -0.387 e. The zero-order valence-corrected chi connectivity index (χ0v) is 17.5. The lowest BCUT2D eigenvalue weighted by Crippen LogP contribution is -2.46. The summed E-state index contributed by atoms with van der Waals surface area (Å²) < 4.78 is 50.3. The van der Waals surface area contributed by atoms with E-state index in [0.717, 1.165) is 12.1 Å². The number of aromatic amines is 1. The van der Waals surface area contributed by atoms with E-state index >= 15 is 0 Å². The number of H-pyrrole nitrogens is 1. The molecule has 0 amide bonds. The van der Waals surface area contributed by atoms with E-state index < -0.39 is 56.2 Å². The van der Waals surface area contributed by atoms with Crippen molar-refractivity contribution in [3.05, 3.63) is 52.1 Å². The molecule has 0 aliphatic carbocycles. The molecule has 0 radical (unpaired) electrons. The predicted octanol–water partition coefficient (Wildman–Crippen LogP) is -1.35. The number of aliphatic hydroxyl groups excluding tert-OH is 2. The van der Waals surface area contributed by atoms with Gasteiger partial charge < -0.3 is 30.5 Å². The average Bonchev–Trinajstić information content (AvgIpc) is 3.20. The molecule has 0 spiro atoms. The van der Waals surface area contributed by atoms with Gasteiger partial charge in [0.25, 0.3) is 11.5 Å². The minimum absolute atomic E-state index is 0.0471. The highest BCUT2D eigenvalue weighted by molar-refractivity contribution is 7.46. The molecule has 1 aliphatic rings. The molecule has 13 nitrogen and oxygen atoms in total. The number of imidazole rings is 1. The van der Waals surface area contributed by atoms with E-state index in [1.54, 1.807) is 0 Å². The Balaban J connectivity index is 1.74. The third kappa shape index (κ3) is 4.65. The molecule has 3 heterocycles. The van der Waals surface area contributed by atoms with Gasteiger partial charge in [0.1, 0.15) is 18.3 Å². The van der Waals surface area contributed by atoms with E-state index in [4.69, 9.17) is 20.3 Å². The third-order valence-corrected chi connectivity index (χ3v) is 5.53. The van der Waals surface area contributed by atoms with Crippen LogP contribution < -0.4 is 15.9 Å². The molecular formula is C17H19F2N5O8P+. The molecule has 1 saturated heterocycles. The van der Waals surface area contributed by atoms with Crippen LogP contribution in [0.5, 0.6) is 0 Å². The maximum Gasteiger partial charge on any atom is 0.469 e. The number of aliphatic hydroxyl groups is 2. The van der Waals surface area contributed by atoms with Crippen molar-refractivity contribution in [1.82, 2.24) is 14.5 Å². The van der Waals surface area contributed by atoms with Crippen molar-refractivity contribution in [2.75, 3.05) is 12.3 Å². The molecule has 7 N–H and O–H groups in total. The number of phosphoric ester groups is 1. The second-order valence-corrected chi connectivity index (χ2v) is 8.59. The highest BCUT2D eigenvalue weighted by Gasteiger charge is 2.47. The Labute approximate surface area is 182 Å². The van der Waals surface area contributed by atoms with Crippen LogP contribution in [-0.4, -0.2) is 59.5 Å². The molecule has 0 saturated carbocycles. The van der Waals surface area contributed by atoms with E-state index in [2.05, 4.69) is 14.5 Å². The quantitative estimate of drug-likeness (QED) is 0.177. The van der Waals surface area contributed by atoms with Crippen LogP contribution in [0.3, 0.4) is 0 Å². The fourth-order valence-electron chi connectivity index (χ4n) is 3.58. The second kappa shape index (κ2) is 8.53. The molecular weight excluding hydrogens is 471 g/mol. The molecule has 3 aromatic rings. The number of nitrogens with one attached hydrogen (secondary N) is 1. The number of hydrogen-bond acceptors (Lipinski definition) is 8. The van der Waals surface area contributed by atoms with Crippen molar-refractivity contribution in [1.29, 1.82) is 0 Å². The zero-order chi connectivity index (χ0) is 24.1. The molecule has 1 aliphatic heterocycles. The van der Waals surface area contributed by atoms with Crippen LogP contribution in [0, 0.1) is 11.6 Å². The number of hydrogen-bond donors (Lipinski definition) is 6. The van der Waals surface area contributed by atoms with Crippen LogP contribution in [0.15, 0.2) is 29.3 Å². The first-order chi connectivity index (χ1) is 15.4. The summed E-state index contributed by atoms with van der Waals surface area (Å²) in [5, 5.41) is 20.7. The van der Waals surface area contributed by atoms with Crippen molar-refractivity contribution >= 4 is 24.9 Å². The number of phosphoric acid groups is 1. The summed E-state index contributed by atoms with van der Waals surface area (Å²) in [5.41, 5.74) is 5.15. The summed E-state index contributed by atoms with van der Waals surface area (Å²) in [6.45, 7) is -0.839. The highest BCUT2D eigenvalue weighted by atomic mass is 31.2. The SMILES string of the molecule is Nc1nc2c(c(=O)[nH]1)n(Cc1ccc(F)c(F)c1)c[n+]2[C@@H]1O[C@H](COP(=O)(O)O)[C@@H](O)[C@H]1O. The van der Waals surface area contributed by atoms with E-state index in [1.165, 1.54) is 21.5 Å². The maximum atomic E-state index is 13.6. The summed E-state index contributed by atoms with van der Waals surface area (Å²) in [6.07, 6.45) is -4.59. The summed E-state index contributed by atoms with van der Waals surface area (Å²) in [6, 6.07) is 3.19. The Kier molecular flexibility index (Phi) is 6.05. The van der Waals surface area contributed by atoms with Gasteiger partial charge in [0.2, 0.25) is 11.7 Å². The van der Waals surface area contributed by atoms with Gasteiger partial charge in [-0.25, -0.2) is 17.9 Å². The number of nitrogens with two attached hydrogens (primary N) is 1. The van der Waals surface area contributed by atoms with Crippen LogP contribution in [0.2, 0.25) is 0 Å². The van der Waals surface area contributed by atoms with Gasteiger partial charge in [0.05, 0.1) is 13.2 Å². The van der Waals surface area contributed by atoms with E-state index in [-0.39, 0.29) is 23.7 Å². The number of nitrogens with zero attached hydrogens (tertiary/aromatic N) is 3. The summed E-state index contributed by atoms with van der Waals surface area (Å²) >= 11 is 0. The number of nitrogen functional groups attached to an aromatic ring is 1. The first kappa shape index (κ1) is 23.4. The molecule has 178 valence electrons. The molecule has 4 atom stereocenters. The third-order valence-electron chi connectivity index (χ3n) is 5.05. The molecule has 33 heavy (non-hydrogen) atoms. The number of fused-ring (bicyclic) bond motifs is 1. The lowest BCUT2D eigenvalue weighted by atomic mass is 10.1. The van der Waals surface area contributed by atoms with Gasteiger partial charge >= 0.3 is 13.5 Å². The van der Waals surface area contributed by atoms with Gasteiger partial charge in [-0.3, -0.25) is 18.9 Å². The number of halogens is 2. The fraction of sp³-hybridized carbons (Fsp3) is 0.353. The molecule has 0 bridgehead atoms. The first-order valence-electron chi connectivity index (χ1n) is 9.40. The summed E-state index contributed by atoms with van der Waals surface area (Å²) in [7, 11) is -4.87. The van der Waals surface area contributed by atoms with Crippen molar-refractivity contribution in [3.8, 4) is 0 Å². The van der Waals surface area contributed by atoms with Crippen molar-refractivity contribution in [2.24, 2.45) is 0 Å². The number of rotatable bonds is 6. The monoisotopic (exact) mass is 490 g/mol. The van der Waals surface area contributed by atoms with Crippen LogP contribution in [0.1, 0.15) is 11.8 Å². The van der Waals surface area contributed by atoms with Gasteiger partial charge in [-0.05, 0) is 17.7 Å². The summed E-state index contributed by atoms with van der Waals surface area (Å²) in [5.74, 6) is -2.39.